The zero-order valence-corrected chi connectivity index (χ0v) is 58.4. The van der Waals surface area contributed by atoms with Gasteiger partial charge in [-0.2, -0.15) is 0 Å². The van der Waals surface area contributed by atoms with Gasteiger partial charge in [-0.1, -0.05) is 160 Å². The molecule has 0 aliphatic heterocycles. The van der Waals surface area contributed by atoms with Gasteiger partial charge in [0, 0.05) is 45.0 Å². The van der Waals surface area contributed by atoms with Crippen molar-refractivity contribution < 1.29 is 61.0 Å². The molecule has 0 heterocycles. The van der Waals surface area contributed by atoms with Crippen molar-refractivity contribution in [2.45, 2.75) is 237 Å². The van der Waals surface area contributed by atoms with E-state index >= 15 is 0 Å². The zero-order chi connectivity index (χ0) is 62.7. The van der Waals surface area contributed by atoms with Crippen LogP contribution in [0.5, 0.6) is 69.0 Å². The molecule has 0 bridgehead atoms. The minimum Gasteiger partial charge on any atom is -0.493 e. The molecule has 15 heteroatoms. The first kappa shape index (κ1) is 74.3. The molecule has 4 aromatic carbocycles. The van der Waals surface area contributed by atoms with Crippen molar-refractivity contribution in [1.82, 2.24) is 0 Å². The quantitative estimate of drug-likeness (QED) is 0.0308. The molecule has 490 valence electrons. The molecule has 0 spiro atoms. The Morgan fingerprint density at radius 2 is 0.368 bits per heavy atom. The topological polar surface area (TPSA) is 120 Å². The molecular formula is C72H116O13Si2. The summed E-state index contributed by atoms with van der Waals surface area (Å²) in [7, 11) is -5.49. The van der Waals surface area contributed by atoms with Gasteiger partial charge in [-0.3, -0.25) is 0 Å². The van der Waals surface area contributed by atoms with Gasteiger partial charge in [0.2, 0.25) is 0 Å². The molecule has 0 fully saturated rings. The lowest BCUT2D eigenvalue weighted by atomic mass is 10.2. The van der Waals surface area contributed by atoms with Gasteiger partial charge >= 0.3 is 0 Å². The van der Waals surface area contributed by atoms with Crippen LogP contribution in [0.4, 0.5) is 0 Å². The van der Waals surface area contributed by atoms with Crippen molar-refractivity contribution >= 4 is 38.8 Å². The van der Waals surface area contributed by atoms with E-state index in [0.717, 1.165) is 175 Å². The minimum absolute atomic E-state index is 0.456. The van der Waals surface area contributed by atoms with Crippen LogP contribution in [0.25, 0.3) is 0 Å². The molecule has 4 aromatic rings. The maximum Gasteiger partial charge on any atom is 0.280 e. The lowest BCUT2D eigenvalue weighted by Gasteiger charge is -2.31. The van der Waals surface area contributed by atoms with Crippen LogP contribution < -0.4 is 77.6 Å². The fourth-order valence-corrected chi connectivity index (χ4v) is 14.7. The predicted molar refractivity (Wildman–Crippen MR) is 362 cm³/mol. The van der Waals surface area contributed by atoms with Crippen molar-refractivity contribution in [1.29, 1.82) is 0 Å². The zero-order valence-electron chi connectivity index (χ0n) is 56.4. The second-order valence-corrected chi connectivity index (χ2v) is 26.7. The lowest BCUT2D eigenvalue weighted by molar-refractivity contribution is 0.258. The number of hydrogen-bond acceptors (Lipinski definition) is 13. The third-order valence-electron chi connectivity index (χ3n) is 14.4. The van der Waals surface area contributed by atoms with Crippen LogP contribution >= 0.6 is 0 Å². The minimum atomic E-state index is -2.75. The third kappa shape index (κ3) is 26.1. The molecule has 13 nitrogen and oxygen atoms in total. The van der Waals surface area contributed by atoms with Crippen LogP contribution in [-0.2, 0) is 4.12 Å². The number of rotatable bonds is 54. The highest BCUT2D eigenvalue weighted by Gasteiger charge is 2.40. The van der Waals surface area contributed by atoms with Crippen LogP contribution in [0.3, 0.4) is 0 Å². The number of unbranched alkanes of at least 4 members (excludes halogenated alkanes) is 12. The number of benzene rings is 4. The Morgan fingerprint density at radius 1 is 0.207 bits per heavy atom. The highest BCUT2D eigenvalue weighted by atomic mass is 28.4. The largest absolute Gasteiger partial charge is 0.493 e. The summed E-state index contributed by atoms with van der Waals surface area (Å²) in [5.41, 5.74) is 0. The average molecular weight is 1250 g/mol. The molecule has 0 N–H and O–H groups in total. The Labute approximate surface area is 531 Å². The van der Waals surface area contributed by atoms with Gasteiger partial charge in [0.25, 0.3) is 18.1 Å². The molecule has 0 saturated heterocycles. The first-order valence-electron chi connectivity index (χ1n) is 34.4. The Hall–Kier alpha value is -5.13. The van der Waals surface area contributed by atoms with Gasteiger partial charge in [0.05, 0.1) is 79.3 Å². The Bertz CT molecular complexity index is 2110. The smallest absolute Gasteiger partial charge is 0.280 e. The second kappa shape index (κ2) is 46.0. The van der Waals surface area contributed by atoms with E-state index in [4.69, 9.17) is 61.0 Å². The van der Waals surface area contributed by atoms with Gasteiger partial charge in [-0.25, -0.2) is 0 Å². The summed E-state index contributed by atoms with van der Waals surface area (Å²) in [6.45, 7) is 32.1. The molecule has 2 radical (unpaired) electrons. The molecular weight excluding hydrogens is 1130 g/mol. The Kier molecular flexibility index (Phi) is 39.3. The first-order chi connectivity index (χ1) is 42.7. The number of hydrogen-bond donors (Lipinski definition) is 0. The van der Waals surface area contributed by atoms with Crippen molar-refractivity contribution in [2.24, 2.45) is 0 Å². The van der Waals surface area contributed by atoms with Crippen LogP contribution in [0, 0.1) is 0 Å². The van der Waals surface area contributed by atoms with Crippen LogP contribution in [-0.4, -0.2) is 97.4 Å². The standard InChI is InChI=1S/C72H116O13Si2/c1-13-25-37-73-57-49-61(77-41-29-17-5)69(81-45-33-21-9)65(53-57)86(66-54-58(74-38-26-14-2)50-62(78-42-30-18-6)70(66)82-46-34-22-10)85-87(67-55-59(75-39-27-15-3)51-63(79-43-31-19-7)71(67)83-47-35-23-11)68-56-60(76-40-28-16-4)52-64(80-44-32-20-8)72(68)84-48-36-24-12/h49-56H,13-48H2,1-12H3. The highest BCUT2D eigenvalue weighted by molar-refractivity contribution is 6.93. The van der Waals surface area contributed by atoms with Gasteiger partial charge in [0.15, 0.2) is 46.0 Å². The van der Waals surface area contributed by atoms with Gasteiger partial charge in [0.1, 0.15) is 23.0 Å². The average Bonchev–Trinajstić information content (AvgIpc) is 0.910. The molecule has 0 atom stereocenters. The normalized spacial score (nSPS) is 11.3. The van der Waals surface area contributed by atoms with Crippen LogP contribution in [0.2, 0.25) is 0 Å². The first-order valence-corrected chi connectivity index (χ1v) is 37.2. The molecule has 0 amide bonds. The summed E-state index contributed by atoms with van der Waals surface area (Å²) in [6.07, 6.45) is 21.7. The molecule has 0 aliphatic rings. The molecule has 0 saturated carbocycles. The summed E-state index contributed by atoms with van der Waals surface area (Å²) in [5.74, 6) is 7.54. The van der Waals surface area contributed by atoms with E-state index in [1.165, 1.54) is 0 Å². The molecule has 0 aliphatic carbocycles. The molecule has 4 rings (SSSR count). The van der Waals surface area contributed by atoms with Crippen LogP contribution in [0.15, 0.2) is 48.5 Å². The van der Waals surface area contributed by atoms with E-state index in [-0.39, 0.29) is 0 Å². The van der Waals surface area contributed by atoms with E-state index in [0.29, 0.717) is 148 Å². The molecule has 0 aromatic heterocycles. The maximum absolute atomic E-state index is 8.67. The van der Waals surface area contributed by atoms with Crippen molar-refractivity contribution in [3.63, 3.8) is 0 Å². The summed E-state index contributed by atoms with van der Waals surface area (Å²) >= 11 is 0. The van der Waals surface area contributed by atoms with Gasteiger partial charge in [-0.15, -0.1) is 0 Å². The number of ether oxygens (including phenoxy) is 12. The fraction of sp³-hybridized carbons (Fsp3) is 0.667. The predicted octanol–water partition coefficient (Wildman–Crippen LogP) is 16.8. The van der Waals surface area contributed by atoms with E-state index in [2.05, 4.69) is 107 Å². The van der Waals surface area contributed by atoms with Gasteiger partial charge in [-0.05, 0) is 101 Å². The SMILES string of the molecule is CCCCOc1cc(OCCCC)c(OCCCC)c([Si](O[Si](c2cc(OCCCC)cc(OCCCC)c2OCCCC)c2cc(OCCCC)cc(OCCCC)c2OCCCC)c2cc(OCCCC)cc(OCCCC)c2OCCCC)c1. The molecule has 0 unspecified atom stereocenters. The van der Waals surface area contributed by atoms with E-state index < -0.39 is 18.1 Å². The van der Waals surface area contributed by atoms with Gasteiger partial charge < -0.3 is 61.0 Å². The maximum atomic E-state index is 8.67. The second-order valence-electron chi connectivity index (χ2n) is 22.4. The summed E-state index contributed by atoms with van der Waals surface area (Å²) < 4.78 is 92.3. The van der Waals surface area contributed by atoms with Crippen molar-refractivity contribution in [3.05, 3.63) is 48.5 Å². The van der Waals surface area contributed by atoms with E-state index in [1.807, 2.05) is 24.3 Å². The molecule has 87 heavy (non-hydrogen) atoms. The Morgan fingerprint density at radius 3 is 0.540 bits per heavy atom. The highest BCUT2D eigenvalue weighted by Crippen LogP contribution is 2.39. The van der Waals surface area contributed by atoms with Crippen LogP contribution in [0.1, 0.15) is 237 Å². The summed E-state index contributed by atoms with van der Waals surface area (Å²) in [6, 6.07) is 16.6. The lowest BCUT2D eigenvalue weighted by Crippen LogP contribution is -2.57. The summed E-state index contributed by atoms with van der Waals surface area (Å²) in [4.78, 5) is 0. The third-order valence-corrected chi connectivity index (χ3v) is 19.4. The summed E-state index contributed by atoms with van der Waals surface area (Å²) in [5, 5.41) is 3.21. The van der Waals surface area contributed by atoms with Crippen molar-refractivity contribution in [3.8, 4) is 69.0 Å². The van der Waals surface area contributed by atoms with Crippen molar-refractivity contribution in [2.75, 3.05) is 79.3 Å². The van der Waals surface area contributed by atoms with E-state index in [1.54, 1.807) is 0 Å². The monoisotopic (exact) mass is 1240 g/mol. The van der Waals surface area contributed by atoms with E-state index in [9.17, 15) is 0 Å². The Balaban J connectivity index is 2.49. The fourth-order valence-electron chi connectivity index (χ4n) is 8.87.